The third-order valence-electron chi connectivity index (χ3n) is 1.95. The Labute approximate surface area is 90.2 Å². The summed E-state index contributed by atoms with van der Waals surface area (Å²) in [6.07, 6.45) is 0. The molecule has 1 N–H and O–H groups in total. The largest absolute Gasteiger partial charge is 0.493 e. The van der Waals surface area contributed by atoms with E-state index in [1.54, 1.807) is 0 Å². The highest BCUT2D eigenvalue weighted by Gasteiger charge is 2.24. The van der Waals surface area contributed by atoms with Gasteiger partial charge in [-0.1, -0.05) is 0 Å². The third kappa shape index (κ3) is 2.16. The van der Waals surface area contributed by atoms with E-state index in [4.69, 9.17) is 0 Å². The maximum absolute atomic E-state index is 13.3. The molecule has 88 valence electrons. The molecule has 0 aromatic heterocycles. The van der Waals surface area contributed by atoms with Crippen molar-refractivity contribution in [1.29, 1.82) is 0 Å². The number of Topliss-reactive ketones (excluding diaryl/α,β-unsaturated/α-hetero) is 1. The maximum atomic E-state index is 13.3. The van der Waals surface area contributed by atoms with E-state index >= 15 is 0 Å². The Morgan fingerprint density at radius 2 is 2.00 bits per heavy atom. The first-order valence-electron chi connectivity index (χ1n) is 4.42. The molecule has 0 aliphatic heterocycles. The average Bonchev–Trinajstić information content (AvgIpc) is 2.23. The van der Waals surface area contributed by atoms with Crippen molar-refractivity contribution in [3.8, 4) is 5.75 Å². The summed E-state index contributed by atoms with van der Waals surface area (Å²) in [5, 5.41) is 2.47. The first-order chi connectivity index (χ1) is 7.52. The molecule has 0 aliphatic carbocycles. The van der Waals surface area contributed by atoms with E-state index in [0.29, 0.717) is 6.07 Å². The first-order valence-corrected chi connectivity index (χ1v) is 4.42. The fourth-order valence-corrected chi connectivity index (χ4v) is 1.28. The molecule has 16 heavy (non-hydrogen) atoms. The number of carbonyl (C=O) groups is 1. The zero-order valence-corrected chi connectivity index (χ0v) is 8.73. The van der Waals surface area contributed by atoms with Gasteiger partial charge in [-0.3, -0.25) is 4.79 Å². The van der Waals surface area contributed by atoms with Gasteiger partial charge in [0.25, 0.3) is 0 Å². The van der Waals surface area contributed by atoms with Crippen molar-refractivity contribution in [1.82, 2.24) is 5.32 Å². The lowest BCUT2D eigenvalue weighted by molar-refractivity contribution is 0.0984. The molecule has 0 saturated carbocycles. The second-order valence-electron chi connectivity index (χ2n) is 3.02. The summed E-state index contributed by atoms with van der Waals surface area (Å²) in [5.74, 6) is -5.30. The van der Waals surface area contributed by atoms with Crippen molar-refractivity contribution in [2.24, 2.45) is 0 Å². The number of ether oxygens (including phenoxy) is 1. The fourth-order valence-electron chi connectivity index (χ4n) is 1.28. The Morgan fingerprint density at radius 1 is 1.38 bits per heavy atom. The highest BCUT2D eigenvalue weighted by Crippen LogP contribution is 2.27. The maximum Gasteiger partial charge on any atom is 0.183 e. The molecule has 0 amide bonds. The Morgan fingerprint density at radius 3 is 2.50 bits per heavy atom. The number of halogens is 3. The van der Waals surface area contributed by atoms with Gasteiger partial charge in [-0.15, -0.1) is 0 Å². The van der Waals surface area contributed by atoms with Crippen LogP contribution in [0.3, 0.4) is 0 Å². The van der Waals surface area contributed by atoms with E-state index in [9.17, 15) is 18.0 Å². The van der Waals surface area contributed by atoms with Crippen LogP contribution in [-0.4, -0.2) is 26.5 Å². The Bertz CT molecular complexity index is 421. The van der Waals surface area contributed by atoms with Crippen LogP contribution in [0.5, 0.6) is 5.75 Å². The minimum absolute atomic E-state index is 0.240. The minimum atomic E-state index is -1.42. The summed E-state index contributed by atoms with van der Waals surface area (Å²) in [7, 11) is 2.53. The number of nitrogens with one attached hydrogen (secondary N) is 1. The summed E-state index contributed by atoms with van der Waals surface area (Å²) < 4.78 is 44.0. The quantitative estimate of drug-likeness (QED) is 0.633. The average molecular weight is 233 g/mol. The van der Waals surface area contributed by atoms with Crippen LogP contribution < -0.4 is 10.1 Å². The molecule has 3 nitrogen and oxygen atoms in total. The summed E-state index contributed by atoms with van der Waals surface area (Å²) >= 11 is 0. The van der Waals surface area contributed by atoms with Gasteiger partial charge < -0.3 is 10.1 Å². The summed E-state index contributed by atoms with van der Waals surface area (Å²) in [4.78, 5) is 11.4. The lowest BCUT2D eigenvalue weighted by atomic mass is 10.1. The number of benzene rings is 1. The molecule has 6 heteroatoms. The molecule has 0 unspecified atom stereocenters. The number of ketones is 1. The van der Waals surface area contributed by atoms with Gasteiger partial charge in [0.1, 0.15) is 5.56 Å². The molecule has 0 bridgehead atoms. The zero-order valence-electron chi connectivity index (χ0n) is 8.73. The van der Waals surface area contributed by atoms with E-state index in [1.807, 2.05) is 0 Å². The van der Waals surface area contributed by atoms with Crippen LogP contribution in [0, 0.1) is 17.5 Å². The van der Waals surface area contributed by atoms with Crippen LogP contribution in [0.1, 0.15) is 10.4 Å². The number of hydrogen-bond donors (Lipinski definition) is 1. The van der Waals surface area contributed by atoms with Crippen LogP contribution >= 0.6 is 0 Å². The van der Waals surface area contributed by atoms with Crippen LogP contribution in [-0.2, 0) is 0 Å². The molecule has 0 spiro atoms. The molecule has 1 rings (SSSR count). The second kappa shape index (κ2) is 4.98. The molecule has 1 aromatic carbocycles. The fraction of sp³-hybridized carbons (Fsp3) is 0.300. The number of likely N-dealkylation sites (N-methyl/N-ethyl adjacent to an activating group) is 1. The molecule has 0 fully saturated rings. The van der Waals surface area contributed by atoms with Gasteiger partial charge >= 0.3 is 0 Å². The molecule has 0 saturated heterocycles. The normalized spacial score (nSPS) is 10.3. The highest BCUT2D eigenvalue weighted by atomic mass is 19.2. The number of methoxy groups -OCH3 is 1. The van der Waals surface area contributed by atoms with Crippen molar-refractivity contribution in [2.45, 2.75) is 0 Å². The number of hydrogen-bond acceptors (Lipinski definition) is 3. The van der Waals surface area contributed by atoms with Gasteiger partial charge in [-0.05, 0) is 7.05 Å². The van der Waals surface area contributed by atoms with E-state index in [1.165, 1.54) is 7.05 Å². The van der Waals surface area contributed by atoms with Crippen molar-refractivity contribution >= 4 is 5.78 Å². The van der Waals surface area contributed by atoms with E-state index in [-0.39, 0.29) is 6.54 Å². The summed E-state index contributed by atoms with van der Waals surface area (Å²) in [6.45, 7) is -0.240. The molecule has 0 aliphatic rings. The van der Waals surface area contributed by atoms with Gasteiger partial charge in [-0.25, -0.2) is 13.2 Å². The molecule has 0 radical (unpaired) electrons. The van der Waals surface area contributed by atoms with Gasteiger partial charge in [0.2, 0.25) is 0 Å². The summed E-state index contributed by atoms with van der Waals surface area (Å²) in [5.41, 5.74) is -0.714. The first kappa shape index (κ1) is 12.5. The van der Waals surface area contributed by atoms with Crippen molar-refractivity contribution in [3.63, 3.8) is 0 Å². The Kier molecular flexibility index (Phi) is 3.89. The van der Waals surface area contributed by atoms with Gasteiger partial charge in [0.15, 0.2) is 29.0 Å². The van der Waals surface area contributed by atoms with Gasteiger partial charge in [0, 0.05) is 6.07 Å². The van der Waals surface area contributed by atoms with E-state index in [2.05, 4.69) is 10.1 Å². The van der Waals surface area contributed by atoms with Gasteiger partial charge in [0.05, 0.1) is 13.7 Å². The van der Waals surface area contributed by atoms with E-state index in [0.717, 1.165) is 7.11 Å². The van der Waals surface area contributed by atoms with Crippen molar-refractivity contribution in [2.75, 3.05) is 20.7 Å². The molecule has 0 atom stereocenters. The molecular weight excluding hydrogens is 223 g/mol. The van der Waals surface area contributed by atoms with Crippen LogP contribution in [0.2, 0.25) is 0 Å². The standard InChI is InChI=1S/C10H10F3NO2/c1-14-4-7(15)8-9(13)5(11)3-6(12)10(8)16-2/h3,14H,4H2,1-2H3. The predicted molar refractivity (Wildman–Crippen MR) is 51.1 cm³/mol. The Balaban J connectivity index is 3.38. The molecule has 1 aromatic rings. The monoisotopic (exact) mass is 233 g/mol. The molecular formula is C10H10F3NO2. The van der Waals surface area contributed by atoms with Gasteiger partial charge in [-0.2, -0.15) is 0 Å². The molecule has 0 heterocycles. The smallest absolute Gasteiger partial charge is 0.183 e. The lowest BCUT2D eigenvalue weighted by Crippen LogP contribution is -2.21. The SMILES string of the molecule is CNCC(=O)c1c(F)c(F)cc(F)c1OC. The number of rotatable bonds is 4. The zero-order chi connectivity index (χ0) is 12.3. The summed E-state index contributed by atoms with van der Waals surface area (Å²) in [6, 6.07) is 0.338. The number of carbonyl (C=O) groups excluding carboxylic acids is 1. The van der Waals surface area contributed by atoms with Crippen LogP contribution in [0.4, 0.5) is 13.2 Å². The van der Waals surface area contributed by atoms with Crippen LogP contribution in [0.25, 0.3) is 0 Å². The van der Waals surface area contributed by atoms with Crippen molar-refractivity contribution < 1.29 is 22.7 Å². The highest BCUT2D eigenvalue weighted by molar-refractivity contribution is 6.00. The Hall–Kier alpha value is -1.56. The van der Waals surface area contributed by atoms with E-state index < -0.39 is 34.5 Å². The third-order valence-corrected chi connectivity index (χ3v) is 1.95. The van der Waals surface area contributed by atoms with Crippen LogP contribution in [0.15, 0.2) is 6.07 Å². The minimum Gasteiger partial charge on any atom is -0.493 e. The predicted octanol–water partition coefficient (Wildman–Crippen LogP) is 1.51. The lowest BCUT2D eigenvalue weighted by Gasteiger charge is -2.10. The topological polar surface area (TPSA) is 38.3 Å². The van der Waals surface area contributed by atoms with Crippen molar-refractivity contribution in [3.05, 3.63) is 29.1 Å². The second-order valence-corrected chi connectivity index (χ2v) is 3.02.